The molecule has 0 aliphatic carbocycles. The monoisotopic (exact) mass is 289 g/mol. The highest BCUT2D eigenvalue weighted by molar-refractivity contribution is 5.91. The largest absolute Gasteiger partial charge is 0.493 e. The van der Waals surface area contributed by atoms with Crippen molar-refractivity contribution in [3.05, 3.63) is 35.4 Å². The van der Waals surface area contributed by atoms with E-state index in [0.717, 1.165) is 23.3 Å². The molecule has 21 heavy (non-hydrogen) atoms. The Morgan fingerprint density at radius 2 is 2.24 bits per heavy atom. The van der Waals surface area contributed by atoms with Crippen LogP contribution in [0.25, 0.3) is 6.08 Å². The molecule has 0 radical (unpaired) electrons. The number of aliphatic carboxylic acids is 1. The van der Waals surface area contributed by atoms with E-state index in [1.165, 1.54) is 11.0 Å². The molecule has 5 heteroatoms. The molecule has 1 N–H and O–H groups in total. The van der Waals surface area contributed by atoms with E-state index in [0.29, 0.717) is 6.61 Å². The Morgan fingerprint density at radius 1 is 1.48 bits per heavy atom. The molecule has 1 aliphatic heterocycles. The molecular weight excluding hydrogens is 270 g/mol. The average Bonchev–Trinajstić information content (AvgIpc) is 2.91. The van der Waals surface area contributed by atoms with Gasteiger partial charge in [0.1, 0.15) is 5.75 Å². The predicted molar refractivity (Wildman–Crippen MR) is 79.1 cm³/mol. The van der Waals surface area contributed by atoms with Gasteiger partial charge in [-0.05, 0) is 29.3 Å². The summed E-state index contributed by atoms with van der Waals surface area (Å²) >= 11 is 0. The molecule has 1 atom stereocenters. The third-order valence-electron chi connectivity index (χ3n) is 3.48. The number of benzene rings is 1. The van der Waals surface area contributed by atoms with E-state index in [1.807, 2.05) is 18.2 Å². The summed E-state index contributed by atoms with van der Waals surface area (Å²) in [5.74, 6) is -0.785. The zero-order valence-electron chi connectivity index (χ0n) is 12.2. The van der Waals surface area contributed by atoms with Gasteiger partial charge in [-0.1, -0.05) is 13.0 Å². The number of carbonyl (C=O) groups is 2. The van der Waals surface area contributed by atoms with E-state index < -0.39 is 11.9 Å². The smallest absolute Gasteiger partial charge is 0.308 e. The van der Waals surface area contributed by atoms with Crippen LogP contribution in [0.2, 0.25) is 0 Å². The highest BCUT2D eigenvalue weighted by atomic mass is 16.5. The lowest BCUT2D eigenvalue weighted by Gasteiger charge is -2.17. The van der Waals surface area contributed by atoms with Crippen LogP contribution in [0.3, 0.4) is 0 Å². The number of hydrogen-bond donors (Lipinski definition) is 1. The van der Waals surface area contributed by atoms with Crippen LogP contribution < -0.4 is 4.74 Å². The van der Waals surface area contributed by atoms with Crippen molar-refractivity contribution in [2.24, 2.45) is 5.92 Å². The van der Waals surface area contributed by atoms with Crippen LogP contribution in [-0.4, -0.2) is 42.1 Å². The first-order valence-electron chi connectivity index (χ1n) is 6.89. The van der Waals surface area contributed by atoms with E-state index in [9.17, 15) is 9.59 Å². The first-order chi connectivity index (χ1) is 9.97. The number of amides is 1. The number of ether oxygens (including phenoxy) is 1. The number of likely N-dealkylation sites (N-methyl/N-ethyl adjacent to an activating group) is 1. The van der Waals surface area contributed by atoms with Crippen LogP contribution >= 0.6 is 0 Å². The molecule has 0 fully saturated rings. The van der Waals surface area contributed by atoms with E-state index >= 15 is 0 Å². The molecule has 1 amide bonds. The van der Waals surface area contributed by atoms with Crippen molar-refractivity contribution < 1.29 is 19.4 Å². The minimum absolute atomic E-state index is 0.191. The summed E-state index contributed by atoms with van der Waals surface area (Å²) < 4.78 is 5.43. The Morgan fingerprint density at radius 3 is 2.95 bits per heavy atom. The Bertz CT molecular complexity index is 580. The van der Waals surface area contributed by atoms with Gasteiger partial charge in [-0.25, -0.2) is 0 Å². The third-order valence-corrected chi connectivity index (χ3v) is 3.48. The molecule has 1 unspecified atom stereocenters. The van der Waals surface area contributed by atoms with Crippen LogP contribution in [0.15, 0.2) is 24.3 Å². The normalized spacial score (nSPS) is 14.6. The predicted octanol–water partition coefficient (Wildman–Crippen LogP) is 1.81. The Balaban J connectivity index is 1.97. The lowest BCUT2D eigenvalue weighted by molar-refractivity contribution is -0.142. The summed E-state index contributed by atoms with van der Waals surface area (Å²) in [6, 6.07) is 5.81. The molecule has 0 aromatic heterocycles. The number of rotatable bonds is 5. The molecule has 5 nitrogen and oxygen atoms in total. The number of fused-ring (bicyclic) bond motifs is 1. The number of hydrogen-bond acceptors (Lipinski definition) is 3. The van der Waals surface area contributed by atoms with E-state index in [-0.39, 0.29) is 12.5 Å². The minimum Gasteiger partial charge on any atom is -0.493 e. The molecule has 0 spiro atoms. The van der Waals surface area contributed by atoms with Crippen LogP contribution in [-0.2, 0) is 16.0 Å². The fourth-order valence-electron chi connectivity index (χ4n) is 2.18. The molecule has 1 aromatic rings. The first kappa shape index (κ1) is 15.1. The van der Waals surface area contributed by atoms with Crippen LogP contribution in [0.1, 0.15) is 18.1 Å². The van der Waals surface area contributed by atoms with Crippen molar-refractivity contribution in [1.29, 1.82) is 0 Å². The number of carboxylic acid groups (broad SMARTS) is 1. The molecule has 112 valence electrons. The van der Waals surface area contributed by atoms with Crippen molar-refractivity contribution in [2.45, 2.75) is 13.3 Å². The van der Waals surface area contributed by atoms with Crippen LogP contribution in [0.5, 0.6) is 5.75 Å². The number of nitrogens with zero attached hydrogens (tertiary/aromatic N) is 1. The second-order valence-electron chi connectivity index (χ2n) is 5.26. The van der Waals surface area contributed by atoms with Gasteiger partial charge in [0, 0.05) is 26.1 Å². The lowest BCUT2D eigenvalue weighted by atomic mass is 10.1. The number of carboxylic acids is 1. The van der Waals surface area contributed by atoms with Gasteiger partial charge in [0.15, 0.2) is 0 Å². The molecule has 0 bridgehead atoms. The molecule has 0 saturated heterocycles. The van der Waals surface area contributed by atoms with Gasteiger partial charge in [-0.3, -0.25) is 9.59 Å². The fourth-order valence-corrected chi connectivity index (χ4v) is 2.18. The van der Waals surface area contributed by atoms with E-state index in [2.05, 4.69) is 0 Å². The Hall–Kier alpha value is -2.30. The molecule has 2 rings (SSSR count). The Labute approximate surface area is 123 Å². The third kappa shape index (κ3) is 3.84. The minimum atomic E-state index is -0.905. The van der Waals surface area contributed by atoms with Gasteiger partial charge in [-0.15, -0.1) is 0 Å². The van der Waals surface area contributed by atoms with Crippen LogP contribution in [0, 0.1) is 5.92 Å². The van der Waals surface area contributed by atoms with Crippen LogP contribution in [0.4, 0.5) is 0 Å². The van der Waals surface area contributed by atoms with Gasteiger partial charge < -0.3 is 14.7 Å². The maximum atomic E-state index is 11.9. The summed E-state index contributed by atoms with van der Waals surface area (Å²) in [6.07, 6.45) is 4.09. The van der Waals surface area contributed by atoms with Crippen molar-refractivity contribution in [3.8, 4) is 5.75 Å². The summed E-state index contributed by atoms with van der Waals surface area (Å²) in [6.45, 7) is 2.48. The summed E-state index contributed by atoms with van der Waals surface area (Å²) in [5.41, 5.74) is 2.09. The topological polar surface area (TPSA) is 66.8 Å². The van der Waals surface area contributed by atoms with E-state index in [4.69, 9.17) is 9.84 Å². The summed E-state index contributed by atoms with van der Waals surface area (Å²) in [7, 11) is 1.60. The zero-order chi connectivity index (χ0) is 15.4. The van der Waals surface area contributed by atoms with Crippen molar-refractivity contribution >= 4 is 18.0 Å². The maximum Gasteiger partial charge on any atom is 0.308 e. The Kier molecular flexibility index (Phi) is 4.62. The van der Waals surface area contributed by atoms with Gasteiger partial charge in [0.05, 0.1) is 12.5 Å². The molecule has 1 aliphatic rings. The molecule has 1 heterocycles. The molecule has 0 saturated carbocycles. The second-order valence-corrected chi connectivity index (χ2v) is 5.26. The van der Waals surface area contributed by atoms with Gasteiger partial charge >= 0.3 is 5.97 Å². The van der Waals surface area contributed by atoms with Crippen molar-refractivity contribution in [3.63, 3.8) is 0 Å². The van der Waals surface area contributed by atoms with Crippen molar-refractivity contribution in [1.82, 2.24) is 4.90 Å². The molecule has 1 aromatic carbocycles. The zero-order valence-corrected chi connectivity index (χ0v) is 12.2. The maximum absolute atomic E-state index is 11.9. The quantitative estimate of drug-likeness (QED) is 0.840. The second kappa shape index (κ2) is 6.43. The highest BCUT2D eigenvalue weighted by Gasteiger charge is 2.16. The van der Waals surface area contributed by atoms with Gasteiger partial charge in [0.25, 0.3) is 0 Å². The van der Waals surface area contributed by atoms with Crippen molar-refractivity contribution in [2.75, 3.05) is 20.2 Å². The highest BCUT2D eigenvalue weighted by Crippen LogP contribution is 2.26. The lowest BCUT2D eigenvalue weighted by Crippen LogP contribution is -2.32. The molecular formula is C16H19NO4. The number of carbonyl (C=O) groups excluding carboxylic acids is 1. The fraction of sp³-hybridized carbons (Fsp3) is 0.375. The SMILES string of the molecule is CC(CN(C)C(=O)C=Cc1ccc2c(c1)CCO2)C(=O)O. The van der Waals surface area contributed by atoms with E-state index in [1.54, 1.807) is 20.0 Å². The summed E-state index contributed by atoms with van der Waals surface area (Å²) in [4.78, 5) is 24.1. The van der Waals surface area contributed by atoms with Gasteiger partial charge in [0.2, 0.25) is 5.91 Å². The first-order valence-corrected chi connectivity index (χ1v) is 6.89. The average molecular weight is 289 g/mol. The van der Waals surface area contributed by atoms with Gasteiger partial charge in [-0.2, -0.15) is 0 Å². The summed E-state index contributed by atoms with van der Waals surface area (Å²) in [5, 5.41) is 8.84. The standard InChI is InChI=1S/C16H19NO4/c1-11(16(19)20)10-17(2)15(18)6-4-12-3-5-14-13(9-12)7-8-21-14/h3-6,9,11H,7-8,10H2,1-2H3,(H,19,20).